The molecule has 0 radical (unpaired) electrons. The number of carbonyl (C=O) groups is 1. The minimum absolute atomic E-state index is 0.0362. The Hall–Kier alpha value is -2.30. The third-order valence-electron chi connectivity index (χ3n) is 3.40. The molecule has 0 aliphatic heterocycles. The van der Waals surface area contributed by atoms with E-state index in [1.165, 1.54) is 5.56 Å². The molecule has 20 heavy (non-hydrogen) atoms. The fourth-order valence-electron chi connectivity index (χ4n) is 2.03. The first-order valence-electron chi connectivity index (χ1n) is 6.67. The van der Waals surface area contributed by atoms with Gasteiger partial charge in [0.15, 0.2) is 0 Å². The first-order chi connectivity index (χ1) is 9.56. The van der Waals surface area contributed by atoms with E-state index in [0.29, 0.717) is 5.69 Å². The summed E-state index contributed by atoms with van der Waals surface area (Å²) < 4.78 is 1.64. The zero-order valence-corrected chi connectivity index (χ0v) is 12.0. The number of rotatable bonds is 4. The monoisotopic (exact) mass is 272 g/mol. The van der Waals surface area contributed by atoms with E-state index >= 15 is 0 Å². The summed E-state index contributed by atoms with van der Waals surface area (Å²) >= 11 is 0. The van der Waals surface area contributed by atoms with Gasteiger partial charge in [-0.05, 0) is 12.5 Å². The van der Waals surface area contributed by atoms with Crippen LogP contribution in [0.25, 0.3) is 0 Å². The Bertz CT molecular complexity index is 564. The average Bonchev–Trinajstić information content (AvgIpc) is 2.84. The normalized spacial score (nSPS) is 13.6. The van der Waals surface area contributed by atoms with Crippen LogP contribution in [0.2, 0.25) is 0 Å². The molecule has 0 saturated heterocycles. The predicted molar refractivity (Wildman–Crippen MR) is 79.7 cm³/mol. The molecule has 0 saturated carbocycles. The maximum atomic E-state index is 11.9. The molecular formula is C15H20N4O. The summed E-state index contributed by atoms with van der Waals surface area (Å²) in [4.78, 5) is 11.9. The molecule has 1 aromatic carbocycles. The second kappa shape index (κ2) is 6.23. The van der Waals surface area contributed by atoms with Gasteiger partial charge in [-0.2, -0.15) is 5.10 Å². The summed E-state index contributed by atoms with van der Waals surface area (Å²) in [5.41, 5.74) is 1.89. The van der Waals surface area contributed by atoms with Crippen LogP contribution in [0.15, 0.2) is 42.7 Å². The summed E-state index contributed by atoms with van der Waals surface area (Å²) in [6.07, 6.45) is 3.37. The van der Waals surface area contributed by atoms with Crippen LogP contribution in [0.5, 0.6) is 0 Å². The van der Waals surface area contributed by atoms with Gasteiger partial charge >= 0.3 is 6.03 Å². The van der Waals surface area contributed by atoms with Crippen molar-refractivity contribution in [2.45, 2.75) is 25.8 Å². The van der Waals surface area contributed by atoms with Gasteiger partial charge in [-0.1, -0.05) is 37.3 Å². The van der Waals surface area contributed by atoms with Crippen molar-refractivity contribution in [2.75, 3.05) is 5.32 Å². The largest absolute Gasteiger partial charge is 0.335 e. The number of hydrogen-bond acceptors (Lipinski definition) is 2. The summed E-state index contributed by atoms with van der Waals surface area (Å²) in [6.45, 7) is 4.10. The van der Waals surface area contributed by atoms with Crippen molar-refractivity contribution in [1.82, 2.24) is 15.1 Å². The fraction of sp³-hybridized carbons (Fsp3) is 0.333. The fourth-order valence-corrected chi connectivity index (χ4v) is 2.03. The first kappa shape index (κ1) is 14.1. The average molecular weight is 272 g/mol. The first-order valence-corrected chi connectivity index (χ1v) is 6.67. The molecule has 2 N–H and O–H groups in total. The van der Waals surface area contributed by atoms with Crippen LogP contribution < -0.4 is 10.6 Å². The lowest BCUT2D eigenvalue weighted by atomic mass is 9.95. The molecule has 2 aromatic rings. The molecule has 0 unspecified atom stereocenters. The van der Waals surface area contributed by atoms with Crippen LogP contribution in [0, 0.1) is 0 Å². The minimum Gasteiger partial charge on any atom is -0.335 e. The van der Waals surface area contributed by atoms with Crippen molar-refractivity contribution in [2.24, 2.45) is 7.05 Å². The van der Waals surface area contributed by atoms with Gasteiger partial charge in [-0.3, -0.25) is 4.68 Å². The second-order valence-corrected chi connectivity index (χ2v) is 4.99. The Morgan fingerprint density at radius 1 is 1.25 bits per heavy atom. The maximum absolute atomic E-state index is 11.9. The second-order valence-electron chi connectivity index (χ2n) is 4.99. The molecular weight excluding hydrogens is 252 g/mol. The molecule has 2 rings (SSSR count). The van der Waals surface area contributed by atoms with E-state index < -0.39 is 0 Å². The zero-order chi connectivity index (χ0) is 14.5. The molecule has 1 heterocycles. The Morgan fingerprint density at radius 2 is 1.95 bits per heavy atom. The smallest absolute Gasteiger partial charge is 0.319 e. The van der Waals surface area contributed by atoms with Gasteiger partial charge in [0.25, 0.3) is 0 Å². The Kier molecular flexibility index (Phi) is 4.40. The number of benzene rings is 1. The lowest BCUT2D eigenvalue weighted by Gasteiger charge is -2.21. The molecule has 5 nitrogen and oxygen atoms in total. The van der Waals surface area contributed by atoms with Gasteiger partial charge < -0.3 is 10.6 Å². The highest BCUT2D eigenvalue weighted by Crippen LogP contribution is 2.18. The molecule has 0 bridgehead atoms. The number of aryl methyl sites for hydroxylation is 1. The predicted octanol–water partition coefficient (Wildman–Crippen LogP) is 2.73. The molecule has 106 valence electrons. The van der Waals surface area contributed by atoms with E-state index in [-0.39, 0.29) is 18.0 Å². The number of nitrogens with zero attached hydrogens (tertiary/aromatic N) is 2. The highest BCUT2D eigenvalue weighted by atomic mass is 16.2. The van der Waals surface area contributed by atoms with Crippen LogP contribution in [0.4, 0.5) is 10.5 Å². The van der Waals surface area contributed by atoms with E-state index in [2.05, 4.69) is 34.8 Å². The van der Waals surface area contributed by atoms with Gasteiger partial charge in [-0.15, -0.1) is 0 Å². The van der Waals surface area contributed by atoms with E-state index in [1.54, 1.807) is 17.1 Å². The van der Waals surface area contributed by atoms with Crippen molar-refractivity contribution < 1.29 is 4.79 Å². The van der Waals surface area contributed by atoms with Crippen molar-refractivity contribution in [1.29, 1.82) is 0 Å². The minimum atomic E-state index is -0.215. The lowest BCUT2D eigenvalue weighted by molar-refractivity contribution is 0.248. The number of hydrogen-bond donors (Lipinski definition) is 2. The number of carbonyl (C=O) groups excluding carboxylic acids is 1. The van der Waals surface area contributed by atoms with Gasteiger partial charge in [0.05, 0.1) is 11.9 Å². The SMILES string of the molecule is C[C@H](NC(=O)Nc1cnn(C)c1)[C@H](C)c1ccccc1. The zero-order valence-electron chi connectivity index (χ0n) is 12.0. The maximum Gasteiger partial charge on any atom is 0.319 e. The number of aromatic nitrogens is 2. The highest BCUT2D eigenvalue weighted by molar-refractivity contribution is 5.89. The van der Waals surface area contributed by atoms with Gasteiger partial charge in [0.1, 0.15) is 0 Å². The van der Waals surface area contributed by atoms with Crippen LogP contribution in [0.1, 0.15) is 25.3 Å². The third-order valence-corrected chi connectivity index (χ3v) is 3.40. The number of anilines is 1. The topological polar surface area (TPSA) is 59.0 Å². The molecule has 0 aliphatic rings. The van der Waals surface area contributed by atoms with Crippen molar-refractivity contribution >= 4 is 11.7 Å². The van der Waals surface area contributed by atoms with E-state index in [9.17, 15) is 4.79 Å². The standard InChI is InChI=1S/C15H20N4O/c1-11(13-7-5-4-6-8-13)12(2)17-15(20)18-14-9-16-19(3)10-14/h4-12H,1-3H3,(H2,17,18,20)/t11-,12-/m0/s1. The van der Waals surface area contributed by atoms with Crippen LogP contribution >= 0.6 is 0 Å². The Morgan fingerprint density at radius 3 is 2.55 bits per heavy atom. The van der Waals surface area contributed by atoms with Crippen molar-refractivity contribution in [3.05, 3.63) is 48.3 Å². The molecule has 0 aliphatic carbocycles. The van der Waals surface area contributed by atoms with Crippen LogP contribution in [-0.4, -0.2) is 21.9 Å². The highest BCUT2D eigenvalue weighted by Gasteiger charge is 2.16. The number of nitrogens with one attached hydrogen (secondary N) is 2. The number of amides is 2. The summed E-state index contributed by atoms with van der Waals surface area (Å²) in [5, 5.41) is 9.72. The lowest BCUT2D eigenvalue weighted by Crippen LogP contribution is -2.38. The molecule has 2 amide bonds. The van der Waals surface area contributed by atoms with Gasteiger partial charge in [-0.25, -0.2) is 4.79 Å². The van der Waals surface area contributed by atoms with Crippen molar-refractivity contribution in [3.63, 3.8) is 0 Å². The van der Waals surface area contributed by atoms with Crippen LogP contribution in [0.3, 0.4) is 0 Å². The Balaban J connectivity index is 1.90. The summed E-state index contributed by atoms with van der Waals surface area (Å²) in [5.74, 6) is 0.246. The van der Waals surface area contributed by atoms with E-state index in [4.69, 9.17) is 0 Å². The molecule has 0 fully saturated rings. The van der Waals surface area contributed by atoms with E-state index in [1.807, 2.05) is 32.2 Å². The molecule has 5 heteroatoms. The molecule has 2 atom stereocenters. The van der Waals surface area contributed by atoms with Gasteiger partial charge in [0, 0.05) is 25.2 Å². The molecule has 1 aromatic heterocycles. The quantitative estimate of drug-likeness (QED) is 0.899. The third kappa shape index (κ3) is 3.60. The Labute approximate surface area is 119 Å². The van der Waals surface area contributed by atoms with Crippen LogP contribution in [-0.2, 0) is 7.05 Å². The summed E-state index contributed by atoms with van der Waals surface area (Å²) in [7, 11) is 1.81. The van der Waals surface area contributed by atoms with Crippen molar-refractivity contribution in [3.8, 4) is 0 Å². The summed E-state index contributed by atoms with van der Waals surface area (Å²) in [6, 6.07) is 9.97. The molecule has 0 spiro atoms. The van der Waals surface area contributed by atoms with E-state index in [0.717, 1.165) is 0 Å². The van der Waals surface area contributed by atoms with Gasteiger partial charge in [0.2, 0.25) is 0 Å². The number of urea groups is 1.